The lowest BCUT2D eigenvalue weighted by Gasteiger charge is -2.25. The van der Waals surface area contributed by atoms with Crippen molar-refractivity contribution in [2.24, 2.45) is 10.8 Å². The van der Waals surface area contributed by atoms with Gasteiger partial charge in [-0.2, -0.15) is 0 Å². The van der Waals surface area contributed by atoms with Gasteiger partial charge in [-0.25, -0.2) is 0 Å². The van der Waals surface area contributed by atoms with Crippen molar-refractivity contribution in [3.8, 4) is 0 Å². The Kier molecular flexibility index (Phi) is 6.82. The molecule has 5 heteroatoms. The van der Waals surface area contributed by atoms with Crippen LogP contribution in [0.15, 0.2) is 24.3 Å². The van der Waals surface area contributed by atoms with E-state index in [9.17, 15) is 19.2 Å². The number of carbonyl (C=O) groups is 4. The Morgan fingerprint density at radius 1 is 0.739 bits per heavy atom. The normalized spacial score (nSPS) is 11.6. The Morgan fingerprint density at radius 3 is 1.22 bits per heavy atom. The zero-order valence-electron chi connectivity index (χ0n) is 14.9. The molecule has 0 spiro atoms. The SMILES string of the molecule is C=C(C)C(=O)CC(C)(C)C(=O)OC(=O)C(C)(C)CC(=O)C(=C)C. The Labute approximate surface area is 137 Å². The van der Waals surface area contributed by atoms with Crippen molar-refractivity contribution >= 4 is 23.5 Å². The van der Waals surface area contributed by atoms with Gasteiger partial charge < -0.3 is 4.74 Å². The summed E-state index contributed by atoms with van der Waals surface area (Å²) in [5.74, 6) is -2.13. The smallest absolute Gasteiger partial charge is 0.319 e. The second-order valence-electron chi connectivity index (χ2n) is 7.21. The zero-order chi connectivity index (χ0) is 18.6. The van der Waals surface area contributed by atoms with Gasteiger partial charge in [0.25, 0.3) is 0 Å². The van der Waals surface area contributed by atoms with E-state index in [1.165, 1.54) is 27.7 Å². The Bertz CT molecular complexity index is 514. The van der Waals surface area contributed by atoms with Crippen molar-refractivity contribution in [2.75, 3.05) is 0 Å². The van der Waals surface area contributed by atoms with Crippen molar-refractivity contribution in [3.05, 3.63) is 24.3 Å². The fourth-order valence-electron chi connectivity index (χ4n) is 1.61. The Balaban J connectivity index is 4.97. The summed E-state index contributed by atoms with van der Waals surface area (Å²) in [6.07, 6.45) is -0.195. The third kappa shape index (κ3) is 6.30. The minimum atomic E-state index is -1.15. The largest absolute Gasteiger partial charge is 0.392 e. The lowest BCUT2D eigenvalue weighted by Crippen LogP contribution is -2.37. The van der Waals surface area contributed by atoms with Crippen LogP contribution in [0.4, 0.5) is 0 Å². The van der Waals surface area contributed by atoms with Gasteiger partial charge >= 0.3 is 11.9 Å². The lowest BCUT2D eigenvalue weighted by molar-refractivity contribution is -0.173. The van der Waals surface area contributed by atoms with Crippen LogP contribution < -0.4 is 0 Å². The molecule has 0 aliphatic rings. The van der Waals surface area contributed by atoms with Crippen LogP contribution in [0.25, 0.3) is 0 Å². The highest BCUT2D eigenvalue weighted by Gasteiger charge is 2.39. The number of esters is 2. The van der Waals surface area contributed by atoms with Gasteiger partial charge in [0.05, 0.1) is 10.8 Å². The predicted molar refractivity (Wildman–Crippen MR) is 87.5 cm³/mol. The molecule has 0 aliphatic heterocycles. The van der Waals surface area contributed by atoms with Crippen LogP contribution in [0.2, 0.25) is 0 Å². The fraction of sp³-hybridized carbons (Fsp3) is 0.556. The minimum absolute atomic E-state index is 0.0976. The first kappa shape index (κ1) is 21.0. The van der Waals surface area contributed by atoms with Crippen molar-refractivity contribution in [3.63, 3.8) is 0 Å². The number of hydrogen-bond acceptors (Lipinski definition) is 5. The summed E-state index contributed by atoms with van der Waals surface area (Å²) in [5, 5.41) is 0. The number of rotatable bonds is 8. The summed E-state index contributed by atoms with van der Waals surface area (Å²) < 4.78 is 4.90. The molecule has 5 nitrogen and oxygen atoms in total. The summed E-state index contributed by atoms with van der Waals surface area (Å²) in [6.45, 7) is 16.3. The fourth-order valence-corrected chi connectivity index (χ4v) is 1.61. The van der Waals surface area contributed by atoms with Crippen LogP contribution in [-0.4, -0.2) is 23.5 Å². The maximum absolute atomic E-state index is 12.2. The first-order valence-electron chi connectivity index (χ1n) is 7.35. The monoisotopic (exact) mass is 322 g/mol. The summed E-state index contributed by atoms with van der Waals surface area (Å²) in [5.41, 5.74) is -1.63. The molecular formula is C18H26O5. The molecule has 0 amide bonds. The van der Waals surface area contributed by atoms with Crippen LogP contribution in [-0.2, 0) is 23.9 Å². The topological polar surface area (TPSA) is 77.5 Å². The molecule has 0 aromatic heterocycles. The van der Waals surface area contributed by atoms with E-state index < -0.39 is 22.8 Å². The van der Waals surface area contributed by atoms with Crippen molar-refractivity contribution < 1.29 is 23.9 Å². The predicted octanol–water partition coefficient (Wildman–Crippen LogP) is 3.18. The molecule has 0 aliphatic carbocycles. The highest BCUT2D eigenvalue weighted by molar-refractivity contribution is 6.01. The maximum Gasteiger partial charge on any atom is 0.319 e. The van der Waals surface area contributed by atoms with Crippen LogP contribution in [0.1, 0.15) is 54.4 Å². The van der Waals surface area contributed by atoms with E-state index in [-0.39, 0.29) is 24.4 Å². The van der Waals surface area contributed by atoms with Gasteiger partial charge in [0, 0.05) is 12.8 Å². The average Bonchev–Trinajstić information content (AvgIpc) is 2.36. The van der Waals surface area contributed by atoms with Crippen LogP contribution in [0.5, 0.6) is 0 Å². The first-order chi connectivity index (χ1) is 10.2. The highest BCUT2D eigenvalue weighted by Crippen LogP contribution is 2.28. The van der Waals surface area contributed by atoms with Gasteiger partial charge in [-0.05, 0) is 52.7 Å². The van der Waals surface area contributed by atoms with E-state index in [1.54, 1.807) is 13.8 Å². The van der Waals surface area contributed by atoms with E-state index in [0.717, 1.165) is 0 Å². The molecule has 0 atom stereocenters. The molecule has 0 aromatic carbocycles. The lowest BCUT2D eigenvalue weighted by atomic mass is 9.84. The number of ether oxygens (including phenoxy) is 1. The van der Waals surface area contributed by atoms with Gasteiger partial charge in [-0.3, -0.25) is 19.2 Å². The minimum Gasteiger partial charge on any atom is -0.392 e. The highest BCUT2D eigenvalue weighted by atomic mass is 16.6. The van der Waals surface area contributed by atoms with E-state index in [2.05, 4.69) is 13.2 Å². The Hall–Kier alpha value is -2.04. The van der Waals surface area contributed by atoms with Gasteiger partial charge in [0.15, 0.2) is 11.6 Å². The van der Waals surface area contributed by atoms with Crippen LogP contribution in [0.3, 0.4) is 0 Å². The molecule has 0 saturated carbocycles. The number of hydrogen-bond donors (Lipinski definition) is 0. The maximum atomic E-state index is 12.2. The second kappa shape index (κ2) is 7.49. The van der Waals surface area contributed by atoms with Gasteiger partial charge in [0.2, 0.25) is 0 Å². The summed E-state index contributed by atoms with van der Waals surface area (Å²) in [7, 11) is 0. The molecular weight excluding hydrogens is 296 g/mol. The molecule has 0 saturated heterocycles. The van der Waals surface area contributed by atoms with Crippen molar-refractivity contribution in [1.29, 1.82) is 0 Å². The number of Topliss-reactive ketones (excluding diaryl/α,β-unsaturated/α-hetero) is 2. The second-order valence-corrected chi connectivity index (χ2v) is 7.21. The molecule has 0 rings (SSSR count). The molecule has 0 heterocycles. The molecule has 23 heavy (non-hydrogen) atoms. The average molecular weight is 322 g/mol. The third-order valence-corrected chi connectivity index (χ3v) is 3.45. The molecule has 0 bridgehead atoms. The summed E-state index contributed by atoms with van der Waals surface area (Å²) in [6, 6.07) is 0. The number of carbonyl (C=O) groups excluding carboxylic acids is 4. The third-order valence-electron chi connectivity index (χ3n) is 3.45. The summed E-state index contributed by atoms with van der Waals surface area (Å²) >= 11 is 0. The molecule has 0 fully saturated rings. The van der Waals surface area contributed by atoms with Crippen molar-refractivity contribution in [1.82, 2.24) is 0 Å². The quantitative estimate of drug-likeness (QED) is 0.389. The zero-order valence-corrected chi connectivity index (χ0v) is 14.9. The van der Waals surface area contributed by atoms with Gasteiger partial charge in [-0.15, -0.1) is 0 Å². The van der Waals surface area contributed by atoms with Gasteiger partial charge in [0.1, 0.15) is 0 Å². The van der Waals surface area contributed by atoms with Crippen LogP contribution in [0, 0.1) is 10.8 Å². The van der Waals surface area contributed by atoms with Crippen LogP contribution >= 0.6 is 0 Å². The molecule has 0 N–H and O–H groups in total. The molecule has 0 unspecified atom stereocenters. The van der Waals surface area contributed by atoms with Crippen molar-refractivity contribution in [2.45, 2.75) is 54.4 Å². The number of ketones is 2. The molecule has 0 radical (unpaired) electrons. The number of allylic oxidation sites excluding steroid dienone is 2. The molecule has 128 valence electrons. The molecule has 0 aromatic rings. The van der Waals surface area contributed by atoms with E-state index in [1.807, 2.05) is 0 Å². The van der Waals surface area contributed by atoms with Gasteiger partial charge in [-0.1, -0.05) is 13.2 Å². The van der Waals surface area contributed by atoms with E-state index >= 15 is 0 Å². The Morgan fingerprint density at radius 2 is 1.00 bits per heavy atom. The van der Waals surface area contributed by atoms with E-state index in [4.69, 9.17) is 4.74 Å². The standard InChI is InChI=1S/C18H26O5/c1-11(2)13(19)9-17(5,6)15(21)23-16(22)18(7,8)10-14(20)12(3)4/h1,3,9-10H2,2,4-8H3. The summed E-state index contributed by atoms with van der Waals surface area (Å²) in [4.78, 5) is 47.8. The first-order valence-corrected chi connectivity index (χ1v) is 7.35. The van der Waals surface area contributed by atoms with E-state index in [0.29, 0.717) is 11.1 Å².